The van der Waals surface area contributed by atoms with Gasteiger partial charge in [0.2, 0.25) is 0 Å². The average molecular weight is 302 g/mol. The predicted octanol–water partition coefficient (Wildman–Crippen LogP) is 2.39. The van der Waals surface area contributed by atoms with Gasteiger partial charge in [-0.3, -0.25) is 10.2 Å². The molecule has 1 amide bonds. The average Bonchev–Trinajstić information content (AvgIpc) is 2.53. The Morgan fingerprint density at radius 3 is 2.76 bits per heavy atom. The van der Waals surface area contributed by atoms with Crippen molar-refractivity contribution >= 4 is 17.5 Å². The molecule has 0 aromatic heterocycles. The van der Waals surface area contributed by atoms with Crippen LogP contribution < -0.4 is 16.0 Å². The highest BCUT2D eigenvalue weighted by Crippen LogP contribution is 2.26. The second-order valence-corrected chi connectivity index (χ2v) is 4.58. The molecule has 0 aliphatic carbocycles. The Balaban J connectivity index is 2.17. The maximum absolute atomic E-state index is 11.6. The smallest absolute Gasteiger partial charge is 0.265 e. The van der Waals surface area contributed by atoms with Crippen LogP contribution in [0.1, 0.15) is 21.5 Å². The van der Waals surface area contributed by atoms with E-state index in [1.165, 1.54) is 6.07 Å². The molecule has 0 bridgehead atoms. The number of hydrogen-bond donors (Lipinski definition) is 2. The number of amides is 1. The molecule has 0 radical (unpaired) electrons. The molecular formula is C15H12ClN3O2. The number of carbonyl (C=O) groups is 1. The molecule has 5 nitrogen and oxygen atoms in total. The van der Waals surface area contributed by atoms with Crippen molar-refractivity contribution in [2.75, 3.05) is 0 Å². The normalized spacial score (nSPS) is 9.76. The van der Waals surface area contributed by atoms with E-state index in [4.69, 9.17) is 27.4 Å². The van der Waals surface area contributed by atoms with Gasteiger partial charge in [-0.15, -0.1) is 0 Å². The van der Waals surface area contributed by atoms with Gasteiger partial charge in [-0.25, -0.2) is 5.84 Å². The summed E-state index contributed by atoms with van der Waals surface area (Å²) in [5.41, 5.74) is 3.66. The number of benzene rings is 2. The first kappa shape index (κ1) is 14.9. The molecule has 0 saturated heterocycles. The lowest BCUT2D eigenvalue weighted by molar-refractivity contribution is 0.0951. The minimum absolute atomic E-state index is 0.162. The van der Waals surface area contributed by atoms with Crippen LogP contribution in [0.5, 0.6) is 5.75 Å². The quantitative estimate of drug-likeness (QED) is 0.515. The van der Waals surface area contributed by atoms with E-state index in [9.17, 15) is 4.79 Å². The lowest BCUT2D eigenvalue weighted by atomic mass is 10.1. The van der Waals surface area contributed by atoms with Gasteiger partial charge in [0, 0.05) is 11.1 Å². The summed E-state index contributed by atoms with van der Waals surface area (Å²) in [7, 11) is 0. The molecule has 2 rings (SSSR count). The third-order valence-corrected chi connectivity index (χ3v) is 3.13. The lowest BCUT2D eigenvalue weighted by Gasteiger charge is -2.11. The van der Waals surface area contributed by atoms with Crippen LogP contribution in [-0.4, -0.2) is 5.91 Å². The predicted molar refractivity (Wildman–Crippen MR) is 78.6 cm³/mol. The Morgan fingerprint density at radius 2 is 2.10 bits per heavy atom. The number of hydrogen-bond acceptors (Lipinski definition) is 4. The fourth-order valence-corrected chi connectivity index (χ4v) is 2.02. The second-order valence-electron chi connectivity index (χ2n) is 4.18. The van der Waals surface area contributed by atoms with E-state index in [0.717, 1.165) is 0 Å². The summed E-state index contributed by atoms with van der Waals surface area (Å²) in [6.07, 6.45) is 0. The first-order valence-corrected chi connectivity index (χ1v) is 6.45. The molecule has 0 aliphatic rings. The molecule has 0 heterocycles. The Hall–Kier alpha value is -2.55. The monoisotopic (exact) mass is 301 g/mol. The number of nitriles is 1. The molecule has 0 saturated carbocycles. The molecule has 0 atom stereocenters. The van der Waals surface area contributed by atoms with Gasteiger partial charge in [0.1, 0.15) is 12.4 Å². The van der Waals surface area contributed by atoms with Crippen molar-refractivity contribution in [2.24, 2.45) is 5.84 Å². The van der Waals surface area contributed by atoms with Crippen LogP contribution in [0.25, 0.3) is 0 Å². The van der Waals surface area contributed by atoms with E-state index in [1.807, 2.05) is 6.07 Å². The zero-order valence-corrected chi connectivity index (χ0v) is 11.7. The third kappa shape index (κ3) is 3.51. The van der Waals surface area contributed by atoms with Crippen LogP contribution >= 0.6 is 11.6 Å². The topological polar surface area (TPSA) is 88.1 Å². The van der Waals surface area contributed by atoms with Crippen molar-refractivity contribution in [3.05, 3.63) is 64.2 Å². The summed E-state index contributed by atoms with van der Waals surface area (Å²) in [5.74, 6) is 5.20. The van der Waals surface area contributed by atoms with E-state index in [-0.39, 0.29) is 12.5 Å². The number of rotatable bonds is 4. The molecule has 0 spiro atoms. The molecular weight excluding hydrogens is 290 g/mol. The summed E-state index contributed by atoms with van der Waals surface area (Å²) < 4.78 is 5.60. The number of halogens is 1. The van der Waals surface area contributed by atoms with Crippen molar-refractivity contribution in [2.45, 2.75) is 6.61 Å². The fourth-order valence-electron chi connectivity index (χ4n) is 1.79. The number of nitrogen functional groups attached to an aromatic ring is 1. The molecule has 21 heavy (non-hydrogen) atoms. The zero-order chi connectivity index (χ0) is 15.2. The van der Waals surface area contributed by atoms with Crippen molar-refractivity contribution in [1.82, 2.24) is 5.43 Å². The van der Waals surface area contributed by atoms with E-state index in [2.05, 4.69) is 5.43 Å². The van der Waals surface area contributed by atoms with E-state index < -0.39 is 0 Å². The lowest BCUT2D eigenvalue weighted by Crippen LogP contribution is -2.30. The summed E-state index contributed by atoms with van der Waals surface area (Å²) in [5, 5.41) is 9.12. The Bertz CT molecular complexity index is 710. The van der Waals surface area contributed by atoms with Gasteiger partial charge in [-0.05, 0) is 24.3 Å². The molecule has 2 aromatic rings. The number of nitrogens with two attached hydrogens (primary N) is 1. The number of ether oxygens (including phenoxy) is 1. The molecule has 0 fully saturated rings. The number of carbonyl (C=O) groups excluding carboxylic acids is 1. The standard InChI is InChI=1S/C15H12ClN3O2/c16-13-7-10(8-17)5-6-14(13)21-9-11-3-1-2-4-12(11)15(20)19-18/h1-7H,9,18H2,(H,19,20). The van der Waals surface area contributed by atoms with Crippen LogP contribution in [0.4, 0.5) is 0 Å². The highest BCUT2D eigenvalue weighted by molar-refractivity contribution is 6.32. The van der Waals surface area contributed by atoms with Crippen LogP contribution in [0.2, 0.25) is 5.02 Å². The fraction of sp³-hybridized carbons (Fsp3) is 0.0667. The van der Waals surface area contributed by atoms with Crippen molar-refractivity contribution in [3.63, 3.8) is 0 Å². The van der Waals surface area contributed by atoms with Gasteiger partial charge in [0.05, 0.1) is 16.7 Å². The Labute approximate surface area is 126 Å². The van der Waals surface area contributed by atoms with Gasteiger partial charge in [-0.1, -0.05) is 29.8 Å². The van der Waals surface area contributed by atoms with E-state index >= 15 is 0 Å². The summed E-state index contributed by atoms with van der Waals surface area (Å²) in [6, 6.07) is 13.7. The van der Waals surface area contributed by atoms with Crippen LogP contribution in [-0.2, 0) is 6.61 Å². The van der Waals surface area contributed by atoms with Crippen LogP contribution in [0.3, 0.4) is 0 Å². The van der Waals surface area contributed by atoms with Crippen LogP contribution in [0, 0.1) is 11.3 Å². The minimum Gasteiger partial charge on any atom is -0.487 e. The molecule has 0 aliphatic heterocycles. The zero-order valence-electron chi connectivity index (χ0n) is 11.0. The Morgan fingerprint density at radius 1 is 1.33 bits per heavy atom. The minimum atomic E-state index is -0.389. The number of nitrogens with zero attached hydrogens (tertiary/aromatic N) is 1. The van der Waals surface area contributed by atoms with Crippen molar-refractivity contribution < 1.29 is 9.53 Å². The van der Waals surface area contributed by atoms with Gasteiger partial charge >= 0.3 is 0 Å². The summed E-state index contributed by atoms with van der Waals surface area (Å²) in [6.45, 7) is 0.162. The van der Waals surface area contributed by atoms with Gasteiger partial charge in [-0.2, -0.15) is 5.26 Å². The molecule has 6 heteroatoms. The first-order valence-electron chi connectivity index (χ1n) is 6.07. The van der Waals surface area contributed by atoms with Crippen molar-refractivity contribution in [3.8, 4) is 11.8 Å². The largest absolute Gasteiger partial charge is 0.487 e. The molecule has 3 N–H and O–H groups in total. The summed E-state index contributed by atoms with van der Waals surface area (Å²) >= 11 is 6.03. The maximum atomic E-state index is 11.6. The molecule has 2 aromatic carbocycles. The summed E-state index contributed by atoms with van der Waals surface area (Å²) in [4.78, 5) is 11.6. The SMILES string of the molecule is N#Cc1ccc(OCc2ccccc2C(=O)NN)c(Cl)c1. The highest BCUT2D eigenvalue weighted by atomic mass is 35.5. The second kappa shape index (κ2) is 6.75. The van der Waals surface area contributed by atoms with E-state index in [0.29, 0.717) is 27.5 Å². The highest BCUT2D eigenvalue weighted by Gasteiger charge is 2.10. The Kier molecular flexibility index (Phi) is 4.77. The van der Waals surface area contributed by atoms with Gasteiger partial charge in [0.25, 0.3) is 5.91 Å². The van der Waals surface area contributed by atoms with Crippen molar-refractivity contribution in [1.29, 1.82) is 5.26 Å². The maximum Gasteiger partial charge on any atom is 0.265 e. The molecule has 106 valence electrons. The van der Waals surface area contributed by atoms with Gasteiger partial charge in [0.15, 0.2) is 0 Å². The number of hydrazine groups is 1. The van der Waals surface area contributed by atoms with E-state index in [1.54, 1.807) is 36.4 Å². The first-order chi connectivity index (χ1) is 10.2. The number of nitrogens with one attached hydrogen (secondary N) is 1. The third-order valence-electron chi connectivity index (χ3n) is 2.84. The molecule has 0 unspecified atom stereocenters. The van der Waals surface area contributed by atoms with Crippen LogP contribution in [0.15, 0.2) is 42.5 Å². The van der Waals surface area contributed by atoms with Gasteiger partial charge < -0.3 is 4.74 Å².